The minimum atomic E-state index is 0.408. The van der Waals surface area contributed by atoms with Gasteiger partial charge in [0.1, 0.15) is 0 Å². The zero-order valence-corrected chi connectivity index (χ0v) is 27.2. The summed E-state index contributed by atoms with van der Waals surface area (Å²) in [6.07, 6.45) is 0. The molecule has 0 fully saturated rings. The highest BCUT2D eigenvalue weighted by Crippen LogP contribution is 2.45. The fourth-order valence-electron chi connectivity index (χ4n) is 7.07. The van der Waals surface area contributed by atoms with E-state index in [0.29, 0.717) is 33.6 Å². The number of nitriles is 2. The van der Waals surface area contributed by atoms with Crippen molar-refractivity contribution in [2.24, 2.45) is 0 Å². The van der Waals surface area contributed by atoms with E-state index in [0.717, 1.165) is 60.9 Å². The molecular weight excluding hydrogens is 623 g/mol. The van der Waals surface area contributed by atoms with Crippen molar-refractivity contribution >= 4 is 33.2 Å². The normalized spacial score (nSPS) is 10.7. The van der Waals surface area contributed by atoms with E-state index >= 15 is 0 Å². The highest BCUT2D eigenvalue weighted by molar-refractivity contribution is 6.15. The lowest BCUT2D eigenvalue weighted by atomic mass is 9.93. The molecule has 234 valence electrons. The van der Waals surface area contributed by atoms with Gasteiger partial charge >= 0.3 is 0 Å². The Morgan fingerprint density at radius 2 is 1.04 bits per heavy atom. The number of fused-ring (bicyclic) bond motifs is 3. The average molecular weight is 648 g/mol. The Kier molecular flexibility index (Phi) is 7.64. The van der Waals surface area contributed by atoms with Gasteiger partial charge in [-0.05, 0) is 69.8 Å². The number of nitrogens with zero attached hydrogens (tertiary/aromatic N) is 5. The Balaban J connectivity index is 1.55. The van der Waals surface area contributed by atoms with E-state index < -0.39 is 0 Å². The number of aromatic nitrogens is 1. The minimum Gasteiger partial charge on any atom is -0.309 e. The average Bonchev–Trinajstić information content (AvgIpc) is 3.54. The van der Waals surface area contributed by atoms with Crippen LogP contribution in [0.4, 0.5) is 11.4 Å². The lowest BCUT2D eigenvalue weighted by Gasteiger charge is -2.17. The van der Waals surface area contributed by atoms with Gasteiger partial charge in [-0.15, -0.1) is 0 Å². The van der Waals surface area contributed by atoms with Crippen LogP contribution in [0.3, 0.4) is 0 Å². The van der Waals surface area contributed by atoms with E-state index in [1.54, 1.807) is 36.4 Å². The van der Waals surface area contributed by atoms with Crippen molar-refractivity contribution in [3.8, 4) is 62.3 Å². The topological polar surface area (TPSA) is 61.2 Å². The lowest BCUT2D eigenvalue weighted by Crippen LogP contribution is -1.99. The van der Waals surface area contributed by atoms with Gasteiger partial charge in [0, 0.05) is 27.6 Å². The Labute approximate surface area is 295 Å². The molecule has 0 atom stereocenters. The largest absolute Gasteiger partial charge is 0.309 e. The van der Waals surface area contributed by atoms with Gasteiger partial charge in [-0.2, -0.15) is 10.5 Å². The van der Waals surface area contributed by atoms with Crippen LogP contribution < -0.4 is 0 Å². The second kappa shape index (κ2) is 12.7. The van der Waals surface area contributed by atoms with Crippen LogP contribution in [0.5, 0.6) is 0 Å². The first kappa shape index (κ1) is 30.6. The molecule has 0 N–H and O–H groups in total. The van der Waals surface area contributed by atoms with E-state index in [1.807, 2.05) is 60.7 Å². The first-order valence-electron chi connectivity index (χ1n) is 16.3. The molecule has 8 aromatic rings. The maximum atomic E-state index is 10.3. The molecule has 0 bridgehead atoms. The molecule has 0 saturated carbocycles. The summed E-state index contributed by atoms with van der Waals surface area (Å²) < 4.78 is 2.20. The van der Waals surface area contributed by atoms with Crippen LogP contribution in [0.25, 0.3) is 81.7 Å². The van der Waals surface area contributed by atoms with Gasteiger partial charge in [0.25, 0.3) is 0 Å². The summed E-state index contributed by atoms with van der Waals surface area (Å²) in [4.78, 5) is 7.56. The molecule has 0 aliphatic heterocycles. The van der Waals surface area contributed by atoms with Gasteiger partial charge in [0.15, 0.2) is 11.4 Å². The van der Waals surface area contributed by atoms with Crippen LogP contribution >= 0.6 is 0 Å². The van der Waals surface area contributed by atoms with Crippen molar-refractivity contribution in [1.82, 2.24) is 4.57 Å². The maximum Gasteiger partial charge on any atom is 0.184 e. The molecule has 0 aliphatic rings. The third kappa shape index (κ3) is 5.17. The third-order valence-electron chi connectivity index (χ3n) is 9.30. The number of benzene rings is 7. The first-order chi connectivity index (χ1) is 25.1. The molecule has 1 heterocycles. The summed E-state index contributed by atoms with van der Waals surface area (Å²) in [7, 11) is 0. The highest BCUT2D eigenvalue weighted by Gasteiger charge is 2.22. The van der Waals surface area contributed by atoms with Crippen molar-refractivity contribution < 1.29 is 0 Å². The van der Waals surface area contributed by atoms with Gasteiger partial charge < -0.3 is 4.57 Å². The van der Waals surface area contributed by atoms with E-state index in [1.165, 1.54) is 0 Å². The predicted octanol–water partition coefficient (Wildman–Crippen LogP) is 12.3. The molecule has 5 heteroatoms. The Morgan fingerprint density at radius 1 is 0.471 bits per heavy atom. The SMILES string of the molecule is [C-]#[N+]c1cccc([N+]#[C-])c1-c1ccc2c3cccc(-c4c(C#N)cccc4C#N)c3n(-c3cc(-c4ccccc4)cc(-c4ccccc4)c3)c2c1. The van der Waals surface area contributed by atoms with Crippen LogP contribution in [0.2, 0.25) is 0 Å². The number of para-hydroxylation sites is 1. The zero-order valence-electron chi connectivity index (χ0n) is 27.2. The van der Waals surface area contributed by atoms with Gasteiger partial charge in [-0.25, -0.2) is 9.69 Å². The monoisotopic (exact) mass is 647 g/mol. The molecule has 5 nitrogen and oxygen atoms in total. The van der Waals surface area contributed by atoms with Crippen LogP contribution in [0.1, 0.15) is 11.1 Å². The molecule has 0 spiro atoms. The van der Waals surface area contributed by atoms with E-state index in [-0.39, 0.29) is 0 Å². The molecule has 0 radical (unpaired) electrons. The molecule has 1 aromatic heterocycles. The second-order valence-corrected chi connectivity index (χ2v) is 12.1. The van der Waals surface area contributed by atoms with Crippen molar-refractivity contribution in [1.29, 1.82) is 10.5 Å². The second-order valence-electron chi connectivity index (χ2n) is 12.1. The third-order valence-corrected chi connectivity index (χ3v) is 9.30. The first-order valence-corrected chi connectivity index (χ1v) is 16.3. The Bertz CT molecular complexity index is 2710. The fraction of sp³-hybridized carbons (Fsp3) is 0. The summed E-state index contributed by atoms with van der Waals surface area (Å²) in [5.74, 6) is 0. The molecule has 0 aliphatic carbocycles. The number of rotatable bonds is 5. The molecule has 0 unspecified atom stereocenters. The van der Waals surface area contributed by atoms with Crippen molar-refractivity contribution in [3.63, 3.8) is 0 Å². The highest BCUT2D eigenvalue weighted by atomic mass is 15.0. The van der Waals surface area contributed by atoms with Crippen LogP contribution in [0.15, 0.2) is 152 Å². The standard InChI is InChI=1S/C46H25N5/c1-49-41-20-11-21-42(50-2)45(41)32-22-23-38-39-18-10-19-40(44-33(28-47)16-9-17-34(44)29-48)46(39)51(43(38)27-32)37-25-35(30-12-5-3-6-13-30)24-36(26-37)31-14-7-4-8-15-31/h3-27H. The van der Waals surface area contributed by atoms with Gasteiger partial charge in [-0.3, -0.25) is 0 Å². The van der Waals surface area contributed by atoms with Crippen LogP contribution in [-0.4, -0.2) is 4.57 Å². The fourth-order valence-corrected chi connectivity index (χ4v) is 7.07. The van der Waals surface area contributed by atoms with Crippen molar-refractivity contribution in [3.05, 3.63) is 186 Å². The molecule has 8 rings (SSSR count). The molecule has 51 heavy (non-hydrogen) atoms. The summed E-state index contributed by atoms with van der Waals surface area (Å²) in [5.41, 5.74) is 11.1. The molecule has 7 aromatic carbocycles. The zero-order chi connectivity index (χ0) is 34.9. The summed E-state index contributed by atoms with van der Waals surface area (Å²) >= 11 is 0. The summed E-state index contributed by atoms with van der Waals surface area (Å²) in [5, 5.41) is 22.4. The Hall–Kier alpha value is -7.70. The minimum absolute atomic E-state index is 0.408. The van der Waals surface area contributed by atoms with E-state index in [4.69, 9.17) is 13.1 Å². The Morgan fingerprint density at radius 3 is 1.61 bits per heavy atom. The molecular formula is C46H25N5. The summed E-state index contributed by atoms with van der Waals surface area (Å²) in [6, 6.07) is 54.2. The van der Waals surface area contributed by atoms with E-state index in [2.05, 4.69) is 81.0 Å². The van der Waals surface area contributed by atoms with Crippen LogP contribution in [0, 0.1) is 35.8 Å². The van der Waals surface area contributed by atoms with Crippen LogP contribution in [-0.2, 0) is 0 Å². The quantitative estimate of drug-likeness (QED) is 0.175. The smallest absolute Gasteiger partial charge is 0.184 e. The number of hydrogen-bond donors (Lipinski definition) is 0. The molecule has 0 amide bonds. The number of hydrogen-bond acceptors (Lipinski definition) is 2. The van der Waals surface area contributed by atoms with Gasteiger partial charge in [0.2, 0.25) is 0 Å². The van der Waals surface area contributed by atoms with Gasteiger partial charge in [0.05, 0.1) is 47.4 Å². The molecule has 0 saturated heterocycles. The van der Waals surface area contributed by atoms with Crippen molar-refractivity contribution in [2.75, 3.05) is 0 Å². The predicted molar refractivity (Wildman–Crippen MR) is 204 cm³/mol. The summed E-state index contributed by atoms with van der Waals surface area (Å²) in [6.45, 7) is 15.8. The maximum absolute atomic E-state index is 10.3. The van der Waals surface area contributed by atoms with E-state index in [9.17, 15) is 10.5 Å². The van der Waals surface area contributed by atoms with Gasteiger partial charge in [-0.1, -0.05) is 115 Å². The lowest BCUT2D eigenvalue weighted by molar-refractivity contribution is 1.18. The van der Waals surface area contributed by atoms with Crippen molar-refractivity contribution in [2.45, 2.75) is 0 Å².